The minimum absolute atomic E-state index is 0.450. The Hall–Kier alpha value is -1.93. The fourth-order valence-electron chi connectivity index (χ4n) is 2.88. The van der Waals surface area contributed by atoms with E-state index in [1.54, 1.807) is 17.8 Å². The van der Waals surface area contributed by atoms with Gasteiger partial charge in [0.1, 0.15) is 22.6 Å². The predicted molar refractivity (Wildman–Crippen MR) is 106 cm³/mol. The standard InChI is InChI=1S/C20H15Cl2N3S/c1-25-19(12-2-3-12)24-18(13-4-5-14(11-23)17(22)10-13)20(25)26-16-8-6-15(21)7-9-16/h4-10,12H,2-3H2,1H3. The van der Waals surface area contributed by atoms with Gasteiger partial charge in [0, 0.05) is 28.4 Å². The molecule has 0 bridgehead atoms. The fraction of sp³-hybridized carbons (Fsp3) is 0.200. The summed E-state index contributed by atoms with van der Waals surface area (Å²) in [6, 6.07) is 15.4. The van der Waals surface area contributed by atoms with Gasteiger partial charge in [-0.2, -0.15) is 5.26 Å². The summed E-state index contributed by atoms with van der Waals surface area (Å²) in [5.74, 6) is 1.64. The highest BCUT2D eigenvalue weighted by Crippen LogP contribution is 2.44. The van der Waals surface area contributed by atoms with Crippen molar-refractivity contribution in [2.24, 2.45) is 7.05 Å². The molecule has 3 aromatic rings. The number of aromatic nitrogens is 2. The topological polar surface area (TPSA) is 41.6 Å². The van der Waals surface area contributed by atoms with Crippen LogP contribution in [0.2, 0.25) is 10.0 Å². The highest BCUT2D eigenvalue weighted by atomic mass is 35.5. The van der Waals surface area contributed by atoms with E-state index in [1.165, 1.54) is 12.8 Å². The minimum atomic E-state index is 0.450. The summed E-state index contributed by atoms with van der Waals surface area (Å²) in [6.07, 6.45) is 2.37. The zero-order valence-corrected chi connectivity index (χ0v) is 16.4. The second kappa shape index (κ2) is 7.00. The van der Waals surface area contributed by atoms with Crippen LogP contribution in [0.25, 0.3) is 11.3 Å². The maximum Gasteiger partial charge on any atom is 0.113 e. The number of nitriles is 1. The van der Waals surface area contributed by atoms with E-state index in [1.807, 2.05) is 36.4 Å². The van der Waals surface area contributed by atoms with Gasteiger partial charge in [-0.25, -0.2) is 4.98 Å². The lowest BCUT2D eigenvalue weighted by molar-refractivity contribution is 0.745. The van der Waals surface area contributed by atoms with Crippen molar-refractivity contribution in [3.63, 3.8) is 0 Å². The van der Waals surface area contributed by atoms with Crippen molar-refractivity contribution in [1.29, 1.82) is 5.26 Å². The van der Waals surface area contributed by atoms with E-state index in [-0.39, 0.29) is 0 Å². The van der Waals surface area contributed by atoms with Crippen LogP contribution in [-0.4, -0.2) is 9.55 Å². The maximum atomic E-state index is 9.11. The number of hydrogen-bond donors (Lipinski definition) is 0. The SMILES string of the molecule is Cn1c(C2CC2)nc(-c2ccc(C#N)c(Cl)c2)c1Sc1ccc(Cl)cc1. The molecule has 26 heavy (non-hydrogen) atoms. The molecular weight excluding hydrogens is 385 g/mol. The average Bonchev–Trinajstić information content (AvgIpc) is 3.42. The molecule has 130 valence electrons. The summed E-state index contributed by atoms with van der Waals surface area (Å²) in [4.78, 5) is 6.02. The lowest BCUT2D eigenvalue weighted by Gasteiger charge is -2.08. The van der Waals surface area contributed by atoms with E-state index in [4.69, 9.17) is 33.4 Å². The third-order valence-corrected chi connectivity index (χ3v) is 6.14. The van der Waals surface area contributed by atoms with Gasteiger partial charge in [0.15, 0.2) is 0 Å². The molecule has 3 nitrogen and oxygen atoms in total. The van der Waals surface area contributed by atoms with Crippen LogP contribution in [0.1, 0.15) is 30.1 Å². The van der Waals surface area contributed by atoms with Crippen molar-refractivity contribution in [2.45, 2.75) is 28.7 Å². The normalized spacial score (nSPS) is 13.6. The first-order valence-electron chi connectivity index (χ1n) is 8.27. The molecule has 0 spiro atoms. The Morgan fingerprint density at radius 3 is 2.50 bits per heavy atom. The largest absolute Gasteiger partial charge is 0.325 e. The molecule has 1 aromatic heterocycles. The summed E-state index contributed by atoms with van der Waals surface area (Å²) in [5, 5.41) is 11.3. The van der Waals surface area contributed by atoms with Crippen LogP contribution in [0.3, 0.4) is 0 Å². The molecule has 1 heterocycles. The molecule has 0 N–H and O–H groups in total. The summed E-state index contributed by atoms with van der Waals surface area (Å²) in [6.45, 7) is 0. The van der Waals surface area contributed by atoms with Gasteiger partial charge in [-0.15, -0.1) is 0 Å². The lowest BCUT2D eigenvalue weighted by Crippen LogP contribution is -1.96. The van der Waals surface area contributed by atoms with Gasteiger partial charge < -0.3 is 4.57 Å². The first-order valence-corrected chi connectivity index (χ1v) is 9.84. The summed E-state index contributed by atoms with van der Waals surface area (Å²) in [5.41, 5.74) is 2.30. The Morgan fingerprint density at radius 1 is 1.15 bits per heavy atom. The molecule has 0 atom stereocenters. The number of rotatable bonds is 4. The van der Waals surface area contributed by atoms with Crippen molar-refractivity contribution >= 4 is 35.0 Å². The van der Waals surface area contributed by atoms with Gasteiger partial charge in [0.25, 0.3) is 0 Å². The van der Waals surface area contributed by atoms with E-state index in [0.29, 0.717) is 16.5 Å². The molecule has 0 radical (unpaired) electrons. The minimum Gasteiger partial charge on any atom is -0.325 e. The Labute approximate surface area is 166 Å². The summed E-state index contributed by atoms with van der Waals surface area (Å²) < 4.78 is 2.18. The van der Waals surface area contributed by atoms with Gasteiger partial charge in [-0.05, 0) is 49.2 Å². The van der Waals surface area contributed by atoms with Crippen molar-refractivity contribution in [2.75, 3.05) is 0 Å². The summed E-state index contributed by atoms with van der Waals surface area (Å²) in [7, 11) is 2.06. The van der Waals surface area contributed by atoms with Crippen LogP contribution in [0, 0.1) is 11.3 Å². The third-order valence-electron chi connectivity index (χ3n) is 4.41. The molecule has 1 saturated carbocycles. The second-order valence-electron chi connectivity index (χ2n) is 6.32. The Morgan fingerprint density at radius 2 is 1.88 bits per heavy atom. The third kappa shape index (κ3) is 3.35. The van der Waals surface area contributed by atoms with Gasteiger partial charge in [-0.3, -0.25) is 0 Å². The first-order chi connectivity index (χ1) is 12.6. The second-order valence-corrected chi connectivity index (χ2v) is 8.23. The highest BCUT2D eigenvalue weighted by molar-refractivity contribution is 7.99. The number of benzene rings is 2. The lowest BCUT2D eigenvalue weighted by atomic mass is 10.1. The molecule has 0 saturated heterocycles. The molecule has 1 aliphatic rings. The molecule has 0 unspecified atom stereocenters. The maximum absolute atomic E-state index is 9.11. The molecule has 1 fully saturated rings. The van der Waals surface area contributed by atoms with Crippen LogP contribution in [0.5, 0.6) is 0 Å². The molecule has 2 aromatic carbocycles. The molecule has 6 heteroatoms. The smallest absolute Gasteiger partial charge is 0.113 e. The van der Waals surface area contributed by atoms with E-state index in [2.05, 4.69) is 17.7 Å². The summed E-state index contributed by atoms with van der Waals surface area (Å²) >= 11 is 13.9. The van der Waals surface area contributed by atoms with E-state index in [9.17, 15) is 0 Å². The zero-order valence-electron chi connectivity index (χ0n) is 14.0. The number of nitrogens with zero attached hydrogens (tertiary/aromatic N) is 3. The molecule has 0 aliphatic heterocycles. The van der Waals surface area contributed by atoms with Crippen LogP contribution in [-0.2, 0) is 7.05 Å². The van der Waals surface area contributed by atoms with Gasteiger partial charge >= 0.3 is 0 Å². The van der Waals surface area contributed by atoms with Gasteiger partial charge in [0.2, 0.25) is 0 Å². The van der Waals surface area contributed by atoms with E-state index >= 15 is 0 Å². The average molecular weight is 400 g/mol. The van der Waals surface area contributed by atoms with Crippen LogP contribution < -0.4 is 0 Å². The quantitative estimate of drug-likeness (QED) is 0.517. The first kappa shape index (κ1) is 17.5. The molecule has 4 rings (SSSR count). The zero-order chi connectivity index (χ0) is 18.3. The number of halogens is 2. The van der Waals surface area contributed by atoms with E-state index < -0.39 is 0 Å². The van der Waals surface area contributed by atoms with Crippen LogP contribution in [0.15, 0.2) is 52.4 Å². The van der Waals surface area contributed by atoms with Crippen molar-refractivity contribution in [3.05, 3.63) is 63.9 Å². The number of imidazole rings is 1. The predicted octanol–water partition coefficient (Wildman–Crippen LogP) is 6.29. The van der Waals surface area contributed by atoms with Crippen molar-refractivity contribution in [3.8, 4) is 17.3 Å². The number of hydrogen-bond acceptors (Lipinski definition) is 3. The van der Waals surface area contributed by atoms with Gasteiger partial charge in [-0.1, -0.05) is 41.0 Å². The van der Waals surface area contributed by atoms with Crippen molar-refractivity contribution in [1.82, 2.24) is 9.55 Å². The molecule has 0 amide bonds. The van der Waals surface area contributed by atoms with E-state index in [0.717, 1.165) is 32.0 Å². The van der Waals surface area contributed by atoms with Crippen LogP contribution >= 0.6 is 35.0 Å². The Bertz CT molecular complexity index is 1010. The van der Waals surface area contributed by atoms with Gasteiger partial charge in [0.05, 0.1) is 10.6 Å². The Kier molecular flexibility index (Phi) is 4.71. The fourth-order valence-corrected chi connectivity index (χ4v) is 4.21. The highest BCUT2D eigenvalue weighted by Gasteiger charge is 2.30. The molecule has 1 aliphatic carbocycles. The Balaban J connectivity index is 1.80. The van der Waals surface area contributed by atoms with Crippen LogP contribution in [0.4, 0.5) is 0 Å². The molecular formula is C20H15Cl2N3S. The monoisotopic (exact) mass is 399 g/mol. The van der Waals surface area contributed by atoms with Crippen molar-refractivity contribution < 1.29 is 0 Å².